The lowest BCUT2D eigenvalue weighted by molar-refractivity contribution is 0.397. The molecule has 2 aromatic rings. The molecule has 0 radical (unpaired) electrons. The lowest BCUT2D eigenvalue weighted by atomic mass is 9.99. The monoisotopic (exact) mass is 440 g/mol. The van der Waals surface area contributed by atoms with Gasteiger partial charge in [0.25, 0.3) is 0 Å². The van der Waals surface area contributed by atoms with Crippen molar-refractivity contribution < 1.29 is 4.74 Å². The van der Waals surface area contributed by atoms with Gasteiger partial charge in [-0.3, -0.25) is 0 Å². The minimum atomic E-state index is 0. The Balaban J connectivity index is 0.00000288. The minimum Gasteiger partial charge on any atom is -0.481 e. The van der Waals surface area contributed by atoms with Crippen LogP contribution in [0.1, 0.15) is 37.3 Å². The van der Waals surface area contributed by atoms with Crippen LogP contribution in [0.2, 0.25) is 0 Å². The smallest absolute Gasteiger partial charge is 0.213 e. The van der Waals surface area contributed by atoms with Crippen molar-refractivity contribution >= 4 is 35.6 Å². The molecule has 0 aliphatic heterocycles. The van der Waals surface area contributed by atoms with Crippen LogP contribution in [0, 0.1) is 0 Å². The first-order valence-corrected chi connectivity index (χ1v) is 7.78. The second-order valence-electron chi connectivity index (χ2n) is 5.46. The quantitative estimate of drug-likeness (QED) is 0.402. The molecule has 0 bridgehead atoms. The van der Waals surface area contributed by atoms with E-state index >= 15 is 0 Å². The van der Waals surface area contributed by atoms with E-state index < -0.39 is 0 Å². The third-order valence-electron chi connectivity index (χ3n) is 3.80. The van der Waals surface area contributed by atoms with E-state index in [-0.39, 0.29) is 24.0 Å². The fraction of sp³-hybridized carbons (Fsp3) is 0.333. The molecule has 0 amide bonds. The largest absolute Gasteiger partial charge is 0.481 e. The highest BCUT2D eigenvalue weighted by Crippen LogP contribution is 2.20. The number of halogens is 1. The Bertz CT molecular complexity index is 658. The van der Waals surface area contributed by atoms with Crippen molar-refractivity contribution in [2.45, 2.75) is 32.7 Å². The number of rotatable bonds is 6. The molecule has 2 rings (SSSR count). The maximum Gasteiger partial charge on any atom is 0.213 e. The number of nitrogens with one attached hydrogen (secondary N) is 1. The molecule has 1 aromatic carbocycles. The van der Waals surface area contributed by atoms with Gasteiger partial charge < -0.3 is 15.8 Å². The van der Waals surface area contributed by atoms with Crippen molar-refractivity contribution in [1.82, 2.24) is 4.98 Å². The summed E-state index contributed by atoms with van der Waals surface area (Å²) in [5.74, 6) is 1.53. The van der Waals surface area contributed by atoms with E-state index in [2.05, 4.69) is 41.3 Å². The first kappa shape index (κ1) is 20.2. The average Bonchev–Trinajstić information content (AvgIpc) is 2.60. The first-order valence-electron chi connectivity index (χ1n) is 7.78. The van der Waals surface area contributed by atoms with Crippen LogP contribution in [-0.2, 0) is 6.54 Å². The standard InChI is InChI=1S/C18H24N4O.HI/c1-4-13(2)15-5-7-16(8-6-15)22-18(19)21-12-14-9-10-20-17(11-14)23-3;/h5-11,13H,4,12H2,1-3H3,(H3,19,21,22);1H. The predicted molar refractivity (Wildman–Crippen MR) is 110 cm³/mol. The number of aliphatic imine (C=N–C) groups is 1. The second kappa shape index (κ2) is 10.1. The van der Waals surface area contributed by atoms with E-state index in [4.69, 9.17) is 10.5 Å². The first-order chi connectivity index (χ1) is 11.1. The third kappa shape index (κ3) is 5.99. The van der Waals surface area contributed by atoms with E-state index in [1.807, 2.05) is 24.3 Å². The predicted octanol–water partition coefficient (Wildman–Crippen LogP) is 4.15. The molecule has 1 atom stereocenters. The molecular formula is C18H25IN4O. The summed E-state index contributed by atoms with van der Waals surface area (Å²) in [5.41, 5.74) is 9.20. The molecule has 6 heteroatoms. The highest BCUT2D eigenvalue weighted by Gasteiger charge is 2.03. The number of methoxy groups -OCH3 is 1. The van der Waals surface area contributed by atoms with Crippen molar-refractivity contribution in [3.63, 3.8) is 0 Å². The van der Waals surface area contributed by atoms with Crippen LogP contribution in [0.25, 0.3) is 0 Å². The van der Waals surface area contributed by atoms with Crippen LogP contribution in [-0.4, -0.2) is 18.1 Å². The molecule has 24 heavy (non-hydrogen) atoms. The summed E-state index contributed by atoms with van der Waals surface area (Å²) in [5, 5.41) is 3.11. The minimum absolute atomic E-state index is 0. The highest BCUT2D eigenvalue weighted by atomic mass is 127. The summed E-state index contributed by atoms with van der Waals surface area (Å²) in [7, 11) is 1.59. The van der Waals surface area contributed by atoms with E-state index in [1.54, 1.807) is 13.3 Å². The molecule has 0 saturated heterocycles. The summed E-state index contributed by atoms with van der Waals surface area (Å²) in [6, 6.07) is 12.0. The molecule has 0 saturated carbocycles. The number of hydrogen-bond acceptors (Lipinski definition) is 3. The molecule has 0 spiro atoms. The van der Waals surface area contributed by atoms with Crippen LogP contribution in [0.5, 0.6) is 5.88 Å². The van der Waals surface area contributed by atoms with Crippen LogP contribution >= 0.6 is 24.0 Å². The van der Waals surface area contributed by atoms with Crippen molar-refractivity contribution in [3.05, 3.63) is 53.7 Å². The Hall–Kier alpha value is -1.83. The van der Waals surface area contributed by atoms with Crippen LogP contribution in [0.15, 0.2) is 47.6 Å². The van der Waals surface area contributed by atoms with Gasteiger partial charge in [-0.15, -0.1) is 24.0 Å². The number of ether oxygens (including phenoxy) is 1. The summed E-state index contributed by atoms with van der Waals surface area (Å²) < 4.78 is 5.09. The van der Waals surface area contributed by atoms with Gasteiger partial charge in [-0.1, -0.05) is 26.0 Å². The number of guanidine groups is 1. The summed E-state index contributed by atoms with van der Waals surface area (Å²) in [4.78, 5) is 8.40. The van der Waals surface area contributed by atoms with Crippen molar-refractivity contribution in [1.29, 1.82) is 0 Å². The lowest BCUT2D eigenvalue weighted by Gasteiger charge is -2.11. The van der Waals surface area contributed by atoms with E-state index in [0.29, 0.717) is 24.3 Å². The molecule has 1 unspecified atom stereocenters. The average molecular weight is 440 g/mol. The topological polar surface area (TPSA) is 72.5 Å². The highest BCUT2D eigenvalue weighted by molar-refractivity contribution is 14.0. The van der Waals surface area contributed by atoms with Gasteiger partial charge >= 0.3 is 0 Å². The Morgan fingerprint density at radius 3 is 2.62 bits per heavy atom. The number of hydrogen-bond donors (Lipinski definition) is 2. The molecule has 0 fully saturated rings. The number of nitrogens with zero attached hydrogens (tertiary/aromatic N) is 2. The van der Waals surface area contributed by atoms with Gasteiger partial charge in [0.2, 0.25) is 5.88 Å². The third-order valence-corrected chi connectivity index (χ3v) is 3.80. The Morgan fingerprint density at radius 1 is 1.29 bits per heavy atom. The van der Waals surface area contributed by atoms with Gasteiger partial charge in [0, 0.05) is 18.0 Å². The second-order valence-corrected chi connectivity index (χ2v) is 5.46. The van der Waals surface area contributed by atoms with Crippen molar-refractivity contribution in [3.8, 4) is 5.88 Å². The van der Waals surface area contributed by atoms with Gasteiger partial charge in [0.15, 0.2) is 5.96 Å². The Labute approximate surface area is 160 Å². The van der Waals surface area contributed by atoms with Crippen molar-refractivity contribution in [2.75, 3.05) is 12.4 Å². The number of nitrogens with two attached hydrogens (primary N) is 1. The molecular weight excluding hydrogens is 415 g/mol. The molecule has 1 aromatic heterocycles. The molecule has 130 valence electrons. The van der Waals surface area contributed by atoms with E-state index in [1.165, 1.54) is 5.56 Å². The normalized spacial score (nSPS) is 12.2. The molecule has 5 nitrogen and oxygen atoms in total. The number of pyridine rings is 1. The SMILES string of the molecule is CCC(C)c1ccc(NC(N)=NCc2ccnc(OC)c2)cc1.I. The van der Waals surface area contributed by atoms with Crippen LogP contribution < -0.4 is 15.8 Å². The van der Waals surface area contributed by atoms with E-state index in [0.717, 1.165) is 17.7 Å². The zero-order chi connectivity index (χ0) is 16.7. The van der Waals surface area contributed by atoms with E-state index in [9.17, 15) is 0 Å². The van der Waals surface area contributed by atoms with Crippen molar-refractivity contribution in [2.24, 2.45) is 10.7 Å². The fourth-order valence-electron chi connectivity index (χ4n) is 2.15. The molecule has 0 aliphatic carbocycles. The maximum absolute atomic E-state index is 5.94. The maximum atomic E-state index is 5.94. The number of aromatic nitrogens is 1. The Kier molecular flexibility index (Phi) is 8.53. The molecule has 1 heterocycles. The summed E-state index contributed by atoms with van der Waals surface area (Å²) in [6.45, 7) is 4.89. The van der Waals surface area contributed by atoms with Gasteiger partial charge in [-0.25, -0.2) is 9.98 Å². The zero-order valence-corrected chi connectivity index (χ0v) is 16.7. The molecule has 3 N–H and O–H groups in total. The number of benzene rings is 1. The van der Waals surface area contributed by atoms with Gasteiger partial charge in [-0.2, -0.15) is 0 Å². The summed E-state index contributed by atoms with van der Waals surface area (Å²) in [6.07, 6.45) is 2.83. The van der Waals surface area contributed by atoms with Gasteiger partial charge in [0.1, 0.15) is 0 Å². The van der Waals surface area contributed by atoms with Gasteiger partial charge in [-0.05, 0) is 41.7 Å². The zero-order valence-electron chi connectivity index (χ0n) is 14.3. The van der Waals surface area contributed by atoms with Gasteiger partial charge in [0.05, 0.1) is 13.7 Å². The Morgan fingerprint density at radius 2 is 2.00 bits per heavy atom. The summed E-state index contributed by atoms with van der Waals surface area (Å²) >= 11 is 0. The lowest BCUT2D eigenvalue weighted by Crippen LogP contribution is -2.22. The van der Waals surface area contributed by atoms with Crippen LogP contribution in [0.4, 0.5) is 5.69 Å². The fourth-order valence-corrected chi connectivity index (χ4v) is 2.15. The molecule has 0 aliphatic rings. The number of anilines is 1. The van der Waals surface area contributed by atoms with Crippen LogP contribution in [0.3, 0.4) is 0 Å².